The predicted molar refractivity (Wildman–Crippen MR) is 215 cm³/mol. The van der Waals surface area contributed by atoms with E-state index in [1.54, 1.807) is 64.4 Å². The van der Waals surface area contributed by atoms with E-state index in [1.807, 2.05) is 6.07 Å². The van der Waals surface area contributed by atoms with Crippen LogP contribution in [0.4, 0.5) is 10.5 Å². The molecule has 0 saturated carbocycles. The molecule has 2 aliphatic rings. The van der Waals surface area contributed by atoms with Gasteiger partial charge in [0.1, 0.15) is 11.3 Å². The second-order valence-corrected chi connectivity index (χ2v) is 25.6. The highest BCUT2D eigenvalue weighted by Gasteiger charge is 2.60. The molecule has 4 rings (SSSR count). The van der Waals surface area contributed by atoms with E-state index in [0.717, 1.165) is 0 Å². The van der Waals surface area contributed by atoms with Gasteiger partial charge in [0.15, 0.2) is 10.9 Å². The van der Waals surface area contributed by atoms with Crippen molar-refractivity contribution in [2.24, 2.45) is 4.99 Å². The molecular weight excluding hydrogens is 729 g/mol. The minimum Gasteiger partial charge on any atom is -0.461 e. The van der Waals surface area contributed by atoms with Gasteiger partial charge in [0.05, 0.1) is 25.4 Å². The molecule has 0 unspecified atom stereocenters. The number of ether oxygens (including phenoxy) is 2. The monoisotopic (exact) mass is 788 g/mol. The Morgan fingerprint density at radius 1 is 1.00 bits per heavy atom. The number of hydrogen-bond acceptors (Lipinski definition) is 11. The van der Waals surface area contributed by atoms with E-state index in [9.17, 15) is 14.4 Å². The van der Waals surface area contributed by atoms with Gasteiger partial charge in [-0.1, -0.05) is 85.4 Å². The zero-order valence-electron chi connectivity index (χ0n) is 33.7. The molecule has 2 aromatic rings. The average molecular weight is 789 g/mol. The van der Waals surface area contributed by atoms with Gasteiger partial charge in [0.25, 0.3) is 5.91 Å². The lowest BCUT2D eigenvalue weighted by Crippen LogP contribution is -2.65. The zero-order chi connectivity index (χ0) is 39.5. The van der Waals surface area contributed by atoms with E-state index in [0.29, 0.717) is 24.2 Å². The van der Waals surface area contributed by atoms with Crippen LogP contribution in [0.3, 0.4) is 0 Å². The normalized spacial score (nSPS) is 21.8. The van der Waals surface area contributed by atoms with Gasteiger partial charge >= 0.3 is 29.2 Å². The molecule has 3 atom stereocenters. The Bertz CT molecular complexity index is 1620. The van der Waals surface area contributed by atoms with Gasteiger partial charge in [-0.05, 0) is 74.7 Å². The summed E-state index contributed by atoms with van der Waals surface area (Å²) in [5.41, 5.74) is 0.940. The number of nitrogens with zero attached hydrogens (tertiary/aromatic N) is 2. The Kier molecular flexibility index (Phi) is 14.0. The molecule has 1 aromatic carbocycles. The van der Waals surface area contributed by atoms with Gasteiger partial charge < -0.3 is 33.1 Å². The van der Waals surface area contributed by atoms with Crippen molar-refractivity contribution in [3.05, 3.63) is 53.3 Å². The molecule has 53 heavy (non-hydrogen) atoms. The lowest BCUT2D eigenvalue weighted by molar-refractivity contribution is 0.0450. The Morgan fingerprint density at radius 3 is 2.13 bits per heavy atom. The SMILES string of the molecule is CCOC(=O)c1c(N=C(NC(=O)c2ccccc2)SC)c([C@H]2C[C@@H]3O[Si](C(C)C)(C(C)C)O[Si](C(C)C)(C(C)C)OC[C@H]3N2)cn1C(=O)OC(C)(C)C. The van der Waals surface area contributed by atoms with Gasteiger partial charge in [-0.2, -0.15) is 0 Å². The lowest BCUT2D eigenvalue weighted by atomic mass is 10.1. The van der Waals surface area contributed by atoms with Crippen LogP contribution in [0.5, 0.6) is 0 Å². The molecule has 12 nitrogen and oxygen atoms in total. The molecule has 0 spiro atoms. The number of benzene rings is 1. The standard InChI is InChI=1S/C38H60N4O8SSi2/c1-14-46-35(44)33-32(40-36(51-13)41-34(43)27-18-16-15-17-19-27)28(21-42(33)37(45)48-38(10,11)12)29-20-31-30(39-29)22-47-52(23(2)3,24(4)5)50-53(49-31,25(6)7)26(8)9/h15-19,21,23-26,29-31,39H,14,20,22H2,1-13H3,(H,40,41,43)/t29-,30-,31+/m1/s1. The predicted octanol–water partition coefficient (Wildman–Crippen LogP) is 8.59. The first-order valence-corrected chi connectivity index (χ1v) is 23.9. The molecule has 1 amide bonds. The highest BCUT2D eigenvalue weighted by Crippen LogP contribution is 2.48. The van der Waals surface area contributed by atoms with E-state index in [1.165, 1.54) is 16.3 Å². The molecule has 0 radical (unpaired) electrons. The third kappa shape index (κ3) is 9.36. The van der Waals surface area contributed by atoms with Crippen molar-refractivity contribution in [3.8, 4) is 0 Å². The van der Waals surface area contributed by atoms with Gasteiger partial charge in [-0.3, -0.25) is 4.79 Å². The van der Waals surface area contributed by atoms with Crippen molar-refractivity contribution in [1.29, 1.82) is 0 Å². The topological polar surface area (TPSA) is 139 Å². The number of aromatic nitrogens is 1. The number of thioether (sulfide) groups is 1. The summed E-state index contributed by atoms with van der Waals surface area (Å²) < 4.78 is 34.2. The first-order chi connectivity index (χ1) is 24.8. The first kappa shape index (κ1) is 42.9. The van der Waals surface area contributed by atoms with Gasteiger partial charge in [0.2, 0.25) is 0 Å². The second kappa shape index (κ2) is 17.3. The maximum Gasteiger partial charge on any atom is 0.419 e. The van der Waals surface area contributed by atoms with Crippen LogP contribution in [-0.4, -0.2) is 82.0 Å². The van der Waals surface area contributed by atoms with Crippen LogP contribution in [0, 0.1) is 0 Å². The van der Waals surface area contributed by atoms with Crippen molar-refractivity contribution < 1.29 is 36.8 Å². The summed E-state index contributed by atoms with van der Waals surface area (Å²) in [4.78, 5) is 45.8. The van der Waals surface area contributed by atoms with Crippen molar-refractivity contribution in [1.82, 2.24) is 15.2 Å². The number of amides is 1. The maximum atomic E-state index is 13.8. The summed E-state index contributed by atoms with van der Waals surface area (Å²) in [6.07, 6.45) is 2.84. The number of carbonyl (C=O) groups excluding carboxylic acids is 3. The molecule has 3 heterocycles. The quantitative estimate of drug-likeness (QED) is 0.110. The van der Waals surface area contributed by atoms with Crippen LogP contribution in [0.15, 0.2) is 41.5 Å². The van der Waals surface area contributed by atoms with Crippen molar-refractivity contribution in [3.63, 3.8) is 0 Å². The summed E-state index contributed by atoms with van der Waals surface area (Å²) in [5, 5.41) is 6.88. The molecule has 294 valence electrons. The van der Waals surface area contributed by atoms with Crippen molar-refractivity contribution in [2.75, 3.05) is 19.5 Å². The van der Waals surface area contributed by atoms with Crippen molar-refractivity contribution in [2.45, 2.75) is 135 Å². The van der Waals surface area contributed by atoms with Crippen LogP contribution < -0.4 is 10.6 Å². The summed E-state index contributed by atoms with van der Waals surface area (Å²) in [7, 11) is -5.69. The fourth-order valence-corrected chi connectivity index (χ4v) is 18.8. The van der Waals surface area contributed by atoms with E-state index in [4.69, 9.17) is 27.4 Å². The molecular formula is C38H60N4O8SSi2. The average Bonchev–Trinajstić information content (AvgIpc) is 3.64. The molecule has 15 heteroatoms. The number of nitrogens with one attached hydrogen (secondary N) is 2. The minimum absolute atomic E-state index is 0.0718. The summed E-state index contributed by atoms with van der Waals surface area (Å²) >= 11 is 1.21. The highest BCUT2D eigenvalue weighted by atomic mass is 32.2. The summed E-state index contributed by atoms with van der Waals surface area (Å²) in [6, 6.07) is 8.17. The van der Waals surface area contributed by atoms with Crippen LogP contribution in [0.1, 0.15) is 122 Å². The number of amidine groups is 1. The minimum atomic E-state index is -2.91. The number of hydrogen-bond donors (Lipinski definition) is 2. The molecule has 0 bridgehead atoms. The second-order valence-electron chi connectivity index (χ2n) is 16.0. The van der Waals surface area contributed by atoms with E-state index >= 15 is 0 Å². The van der Waals surface area contributed by atoms with E-state index < -0.39 is 40.8 Å². The smallest absolute Gasteiger partial charge is 0.419 e. The van der Waals surface area contributed by atoms with E-state index in [2.05, 4.69) is 66.0 Å². The third-order valence-corrected chi connectivity index (χ3v) is 20.7. The maximum absolute atomic E-state index is 13.8. The summed E-state index contributed by atoms with van der Waals surface area (Å²) in [6.45, 7) is 24.9. The van der Waals surface area contributed by atoms with Gasteiger partial charge in [-0.15, -0.1) is 0 Å². The molecule has 2 N–H and O–H groups in total. The molecule has 2 aliphatic heterocycles. The molecule has 2 fully saturated rings. The van der Waals surface area contributed by atoms with Crippen LogP contribution in [0.25, 0.3) is 0 Å². The third-order valence-electron chi connectivity index (χ3n) is 9.80. The first-order valence-electron chi connectivity index (χ1n) is 18.7. The fraction of sp³-hybridized carbons (Fsp3) is 0.632. The fourth-order valence-electron chi connectivity index (χ4n) is 7.23. The lowest BCUT2D eigenvalue weighted by Gasteiger charge is -2.51. The Balaban J connectivity index is 1.89. The van der Waals surface area contributed by atoms with Gasteiger partial charge in [0, 0.05) is 23.4 Å². The van der Waals surface area contributed by atoms with Crippen molar-refractivity contribution >= 4 is 57.7 Å². The van der Waals surface area contributed by atoms with Crippen LogP contribution in [-0.2, 0) is 22.4 Å². The summed E-state index contributed by atoms with van der Waals surface area (Å²) in [5.74, 6) is -1.11. The largest absolute Gasteiger partial charge is 0.461 e. The number of esters is 1. The van der Waals surface area contributed by atoms with Gasteiger partial charge in [-0.25, -0.2) is 19.1 Å². The zero-order valence-corrected chi connectivity index (χ0v) is 36.5. The highest BCUT2D eigenvalue weighted by molar-refractivity contribution is 8.13. The van der Waals surface area contributed by atoms with Crippen LogP contribution >= 0.6 is 11.8 Å². The number of rotatable bonds is 9. The Morgan fingerprint density at radius 2 is 1.60 bits per heavy atom. The number of fused-ring (bicyclic) bond motifs is 1. The molecule has 0 aliphatic carbocycles. The molecule has 2 saturated heterocycles. The number of carbonyl (C=O) groups is 3. The number of aliphatic imine (C=N–C) groups is 1. The Hall–Kier alpha value is -2.80. The van der Waals surface area contributed by atoms with E-state index in [-0.39, 0.29) is 63.4 Å². The van der Waals surface area contributed by atoms with Crippen LogP contribution in [0.2, 0.25) is 22.2 Å². The molecule has 1 aromatic heterocycles. The Labute approximate surface area is 322 Å².